The average Bonchev–Trinajstić information content (AvgIpc) is 3.02. The van der Waals surface area contributed by atoms with Crippen molar-refractivity contribution < 1.29 is 4.79 Å². The number of nitrogens with zero attached hydrogens (tertiary/aromatic N) is 3. The lowest BCUT2D eigenvalue weighted by Crippen LogP contribution is -2.53. The van der Waals surface area contributed by atoms with Gasteiger partial charge in [0.05, 0.1) is 6.04 Å². The summed E-state index contributed by atoms with van der Waals surface area (Å²) in [5.74, 6) is 0.382. The van der Waals surface area contributed by atoms with Gasteiger partial charge in [-0.15, -0.1) is 0 Å². The molecule has 5 heteroatoms. The Balaban J connectivity index is 1.48. The number of piperazine rings is 1. The van der Waals surface area contributed by atoms with Gasteiger partial charge >= 0.3 is 0 Å². The molecule has 0 radical (unpaired) electrons. The molecule has 3 heterocycles. The summed E-state index contributed by atoms with van der Waals surface area (Å²) < 4.78 is 0. The van der Waals surface area contributed by atoms with Crippen LogP contribution in [0, 0.1) is 0 Å². The molecule has 0 aromatic carbocycles. The van der Waals surface area contributed by atoms with Gasteiger partial charge in [0, 0.05) is 39.3 Å². The summed E-state index contributed by atoms with van der Waals surface area (Å²) in [7, 11) is 0. The van der Waals surface area contributed by atoms with Crippen molar-refractivity contribution in [2.24, 2.45) is 0 Å². The van der Waals surface area contributed by atoms with Crippen LogP contribution in [0.4, 0.5) is 0 Å². The van der Waals surface area contributed by atoms with Crippen LogP contribution in [0.25, 0.3) is 0 Å². The Hall–Kier alpha value is -0.650. The topological polar surface area (TPSA) is 38.8 Å². The van der Waals surface area contributed by atoms with E-state index in [4.69, 9.17) is 0 Å². The quantitative estimate of drug-likeness (QED) is 0.813. The minimum atomic E-state index is 0.160. The highest BCUT2D eigenvalue weighted by atomic mass is 16.2. The second-order valence-electron chi connectivity index (χ2n) is 6.67. The number of nitrogens with one attached hydrogen (secondary N) is 1. The molecule has 3 fully saturated rings. The smallest absolute Gasteiger partial charge is 0.240 e. The van der Waals surface area contributed by atoms with E-state index >= 15 is 0 Å². The summed E-state index contributed by atoms with van der Waals surface area (Å²) in [4.78, 5) is 19.8. The van der Waals surface area contributed by atoms with Crippen LogP contribution in [-0.4, -0.2) is 85.6 Å². The van der Waals surface area contributed by atoms with Gasteiger partial charge in [0.2, 0.25) is 5.91 Å². The standard InChI is InChI=1S/C16H30N4O/c21-16(20-11-6-17-7-12-20)15-5-4-10-19(15)14-13-18-8-2-1-3-9-18/h15,17H,1-14H2. The molecule has 1 N–H and O–H groups in total. The van der Waals surface area contributed by atoms with E-state index in [-0.39, 0.29) is 6.04 Å². The van der Waals surface area contributed by atoms with Crippen LogP contribution in [0.2, 0.25) is 0 Å². The van der Waals surface area contributed by atoms with E-state index in [1.807, 2.05) is 0 Å². The highest BCUT2D eigenvalue weighted by molar-refractivity contribution is 5.82. The maximum absolute atomic E-state index is 12.7. The van der Waals surface area contributed by atoms with Crippen molar-refractivity contribution in [3.8, 4) is 0 Å². The second kappa shape index (κ2) is 7.56. The summed E-state index contributed by atoms with van der Waals surface area (Å²) in [6.07, 6.45) is 6.34. The highest BCUT2D eigenvalue weighted by Crippen LogP contribution is 2.20. The molecule has 1 unspecified atom stereocenters. The summed E-state index contributed by atoms with van der Waals surface area (Å²) in [6.45, 7) is 9.50. The number of hydrogen-bond acceptors (Lipinski definition) is 4. The van der Waals surface area contributed by atoms with Gasteiger partial charge in [0.25, 0.3) is 0 Å². The number of amides is 1. The van der Waals surface area contributed by atoms with Gasteiger partial charge in [-0.25, -0.2) is 0 Å². The summed E-state index contributed by atoms with van der Waals surface area (Å²) in [6, 6.07) is 0.160. The van der Waals surface area contributed by atoms with Crippen LogP contribution in [0.5, 0.6) is 0 Å². The predicted molar refractivity (Wildman–Crippen MR) is 84.3 cm³/mol. The molecule has 1 atom stereocenters. The SMILES string of the molecule is O=C(C1CCCN1CCN1CCCCC1)N1CCNCC1. The minimum Gasteiger partial charge on any atom is -0.339 e. The van der Waals surface area contributed by atoms with Crippen molar-refractivity contribution in [3.63, 3.8) is 0 Å². The van der Waals surface area contributed by atoms with E-state index in [1.165, 1.54) is 38.8 Å². The van der Waals surface area contributed by atoms with Crippen molar-refractivity contribution in [3.05, 3.63) is 0 Å². The highest BCUT2D eigenvalue weighted by Gasteiger charge is 2.33. The van der Waals surface area contributed by atoms with Gasteiger partial charge in [-0.3, -0.25) is 9.69 Å². The summed E-state index contributed by atoms with van der Waals surface area (Å²) in [5, 5.41) is 3.33. The maximum atomic E-state index is 12.7. The molecule has 0 aromatic rings. The van der Waals surface area contributed by atoms with E-state index in [2.05, 4.69) is 20.0 Å². The van der Waals surface area contributed by atoms with Crippen LogP contribution < -0.4 is 5.32 Å². The predicted octanol–water partition coefficient (Wildman–Crippen LogP) is 0.369. The van der Waals surface area contributed by atoms with E-state index in [0.29, 0.717) is 5.91 Å². The molecule has 3 aliphatic heterocycles. The number of hydrogen-bond donors (Lipinski definition) is 1. The molecule has 0 spiro atoms. The average molecular weight is 294 g/mol. The Morgan fingerprint density at radius 1 is 0.905 bits per heavy atom. The van der Waals surface area contributed by atoms with Gasteiger partial charge in [-0.05, 0) is 45.3 Å². The zero-order valence-electron chi connectivity index (χ0n) is 13.2. The van der Waals surface area contributed by atoms with E-state index < -0.39 is 0 Å². The number of piperidine rings is 1. The van der Waals surface area contributed by atoms with Gasteiger partial charge < -0.3 is 15.1 Å². The molecule has 3 rings (SSSR count). The number of rotatable bonds is 4. The summed E-state index contributed by atoms with van der Waals surface area (Å²) in [5.41, 5.74) is 0. The Morgan fingerprint density at radius 3 is 2.43 bits per heavy atom. The van der Waals surface area contributed by atoms with Gasteiger partial charge in [-0.2, -0.15) is 0 Å². The third-order valence-electron chi connectivity index (χ3n) is 5.23. The molecule has 3 saturated heterocycles. The lowest BCUT2D eigenvalue weighted by atomic mass is 10.1. The van der Waals surface area contributed by atoms with Gasteiger partial charge in [0.1, 0.15) is 0 Å². The Kier molecular flexibility index (Phi) is 5.49. The molecule has 0 aromatic heterocycles. The lowest BCUT2D eigenvalue weighted by molar-refractivity contribution is -0.136. The monoisotopic (exact) mass is 294 g/mol. The molecular formula is C16H30N4O. The van der Waals surface area contributed by atoms with Crippen LogP contribution in [0.15, 0.2) is 0 Å². The van der Waals surface area contributed by atoms with Gasteiger partial charge in [-0.1, -0.05) is 6.42 Å². The zero-order chi connectivity index (χ0) is 14.5. The fourth-order valence-corrected chi connectivity index (χ4v) is 3.92. The molecule has 3 aliphatic rings. The fraction of sp³-hybridized carbons (Fsp3) is 0.938. The Morgan fingerprint density at radius 2 is 1.67 bits per heavy atom. The Bertz CT molecular complexity index is 337. The number of likely N-dealkylation sites (tertiary alicyclic amines) is 2. The molecule has 1 amide bonds. The first-order valence-electron chi connectivity index (χ1n) is 8.80. The van der Waals surface area contributed by atoms with Crippen LogP contribution in [-0.2, 0) is 4.79 Å². The first kappa shape index (κ1) is 15.3. The van der Waals surface area contributed by atoms with Crippen molar-refractivity contribution in [2.75, 3.05) is 58.9 Å². The Labute approximate surface area is 128 Å². The van der Waals surface area contributed by atoms with Crippen LogP contribution in [0.1, 0.15) is 32.1 Å². The summed E-state index contributed by atoms with van der Waals surface area (Å²) >= 11 is 0. The van der Waals surface area contributed by atoms with Crippen molar-refractivity contribution in [2.45, 2.75) is 38.1 Å². The van der Waals surface area contributed by atoms with Crippen LogP contribution in [0.3, 0.4) is 0 Å². The van der Waals surface area contributed by atoms with E-state index in [9.17, 15) is 4.79 Å². The van der Waals surface area contributed by atoms with Crippen LogP contribution >= 0.6 is 0 Å². The largest absolute Gasteiger partial charge is 0.339 e. The third-order valence-corrected chi connectivity index (χ3v) is 5.23. The van der Waals surface area contributed by atoms with Crippen molar-refractivity contribution >= 4 is 5.91 Å². The molecule has 0 aliphatic carbocycles. The molecule has 120 valence electrons. The second-order valence-corrected chi connectivity index (χ2v) is 6.67. The first-order valence-corrected chi connectivity index (χ1v) is 8.80. The van der Waals surface area contributed by atoms with Crippen molar-refractivity contribution in [1.82, 2.24) is 20.0 Å². The molecule has 0 saturated carbocycles. The normalized spacial score (nSPS) is 29.0. The first-order chi connectivity index (χ1) is 10.3. The fourth-order valence-electron chi connectivity index (χ4n) is 3.92. The molecule has 5 nitrogen and oxygen atoms in total. The maximum Gasteiger partial charge on any atom is 0.240 e. The minimum absolute atomic E-state index is 0.160. The number of carbonyl (C=O) groups excluding carboxylic acids is 1. The molecule has 21 heavy (non-hydrogen) atoms. The zero-order valence-corrected chi connectivity index (χ0v) is 13.2. The third kappa shape index (κ3) is 3.96. The number of carbonyl (C=O) groups is 1. The van der Waals surface area contributed by atoms with Crippen molar-refractivity contribution in [1.29, 1.82) is 0 Å². The molecule has 0 bridgehead atoms. The lowest BCUT2D eigenvalue weighted by Gasteiger charge is -2.34. The van der Waals surface area contributed by atoms with E-state index in [0.717, 1.165) is 52.2 Å². The van der Waals surface area contributed by atoms with E-state index in [1.54, 1.807) is 0 Å². The molecular weight excluding hydrogens is 264 g/mol. The van der Waals surface area contributed by atoms with Gasteiger partial charge in [0.15, 0.2) is 0 Å².